The Kier molecular flexibility index (Phi) is 8.54. The second kappa shape index (κ2) is 9.90. The average molecular weight is 357 g/mol. The molecule has 5 heteroatoms. The van der Waals surface area contributed by atoms with Crippen molar-refractivity contribution in [2.24, 2.45) is 5.92 Å². The smallest absolute Gasteiger partial charge is 0.283 e. The Hall–Kier alpha value is -0.940. The van der Waals surface area contributed by atoms with Gasteiger partial charge < -0.3 is 5.32 Å². The van der Waals surface area contributed by atoms with E-state index in [-0.39, 0.29) is 10.6 Å². The SMILES string of the molecule is CC(C)CCCCCCNCc1ccc(Br)c([N+](=O)[O-])c1. The van der Waals surface area contributed by atoms with Crippen LogP contribution < -0.4 is 5.32 Å². The number of hydrogen-bond acceptors (Lipinski definition) is 3. The summed E-state index contributed by atoms with van der Waals surface area (Å²) in [5, 5.41) is 14.2. The first-order valence-corrected chi connectivity index (χ1v) is 8.43. The lowest BCUT2D eigenvalue weighted by Crippen LogP contribution is -2.14. The van der Waals surface area contributed by atoms with Crippen molar-refractivity contribution in [2.75, 3.05) is 6.54 Å². The van der Waals surface area contributed by atoms with Crippen LogP contribution in [0.3, 0.4) is 0 Å². The Bertz CT molecular complexity index is 450. The van der Waals surface area contributed by atoms with E-state index in [2.05, 4.69) is 35.1 Å². The van der Waals surface area contributed by atoms with Crippen LogP contribution in [0.4, 0.5) is 5.69 Å². The van der Waals surface area contributed by atoms with Crippen molar-refractivity contribution in [2.45, 2.75) is 52.5 Å². The highest BCUT2D eigenvalue weighted by Crippen LogP contribution is 2.25. The fourth-order valence-electron chi connectivity index (χ4n) is 2.20. The van der Waals surface area contributed by atoms with Crippen molar-refractivity contribution in [1.82, 2.24) is 5.32 Å². The molecule has 1 N–H and O–H groups in total. The highest BCUT2D eigenvalue weighted by molar-refractivity contribution is 9.10. The zero-order valence-electron chi connectivity index (χ0n) is 12.9. The van der Waals surface area contributed by atoms with Crippen molar-refractivity contribution in [3.8, 4) is 0 Å². The molecule has 1 aromatic rings. The predicted molar refractivity (Wildman–Crippen MR) is 90.4 cm³/mol. The highest BCUT2D eigenvalue weighted by Gasteiger charge is 2.11. The van der Waals surface area contributed by atoms with Gasteiger partial charge in [0.2, 0.25) is 0 Å². The molecule has 118 valence electrons. The molecule has 0 fully saturated rings. The van der Waals surface area contributed by atoms with Crippen LogP contribution in [0.25, 0.3) is 0 Å². The molecule has 0 radical (unpaired) electrons. The first kappa shape index (κ1) is 18.1. The largest absolute Gasteiger partial charge is 0.313 e. The van der Waals surface area contributed by atoms with Gasteiger partial charge in [-0.3, -0.25) is 10.1 Å². The van der Waals surface area contributed by atoms with Crippen LogP contribution in [0.1, 0.15) is 51.5 Å². The topological polar surface area (TPSA) is 55.2 Å². The Labute approximate surface area is 135 Å². The van der Waals surface area contributed by atoms with Gasteiger partial charge in [0.05, 0.1) is 9.40 Å². The van der Waals surface area contributed by atoms with E-state index in [0.717, 1.165) is 24.4 Å². The molecule has 0 atom stereocenters. The molecular weight excluding hydrogens is 332 g/mol. The van der Waals surface area contributed by atoms with Crippen LogP contribution in [0, 0.1) is 16.0 Å². The van der Waals surface area contributed by atoms with E-state index in [1.807, 2.05) is 6.07 Å². The van der Waals surface area contributed by atoms with E-state index in [9.17, 15) is 10.1 Å². The molecule has 0 saturated carbocycles. The third-order valence-corrected chi connectivity index (χ3v) is 4.09. The van der Waals surface area contributed by atoms with Crippen LogP contribution in [0.2, 0.25) is 0 Å². The molecule has 0 aliphatic carbocycles. The lowest BCUT2D eigenvalue weighted by atomic mass is 10.0. The molecule has 0 spiro atoms. The third kappa shape index (κ3) is 7.58. The first-order chi connectivity index (χ1) is 10.0. The van der Waals surface area contributed by atoms with Gasteiger partial charge in [-0.25, -0.2) is 0 Å². The lowest BCUT2D eigenvalue weighted by molar-refractivity contribution is -0.385. The minimum atomic E-state index is -0.359. The zero-order chi connectivity index (χ0) is 15.7. The Morgan fingerprint density at radius 1 is 1.24 bits per heavy atom. The standard InChI is InChI=1S/C16H25BrN2O2/c1-13(2)7-5-3-4-6-10-18-12-14-8-9-15(17)16(11-14)19(20)21/h8-9,11,13,18H,3-7,10,12H2,1-2H3. The summed E-state index contributed by atoms with van der Waals surface area (Å²) >= 11 is 3.20. The number of nitrogens with zero attached hydrogens (tertiary/aromatic N) is 1. The van der Waals surface area contributed by atoms with Crippen molar-refractivity contribution in [3.63, 3.8) is 0 Å². The minimum absolute atomic E-state index is 0.128. The van der Waals surface area contributed by atoms with E-state index in [4.69, 9.17) is 0 Å². The first-order valence-electron chi connectivity index (χ1n) is 7.64. The summed E-state index contributed by atoms with van der Waals surface area (Å²) in [5.74, 6) is 0.802. The number of halogens is 1. The number of benzene rings is 1. The van der Waals surface area contributed by atoms with Crippen LogP contribution in [0.15, 0.2) is 22.7 Å². The van der Waals surface area contributed by atoms with Crippen molar-refractivity contribution >= 4 is 21.6 Å². The van der Waals surface area contributed by atoms with Gasteiger partial charge in [-0.2, -0.15) is 0 Å². The second-order valence-corrected chi connectivity index (χ2v) is 6.67. The Balaban J connectivity index is 2.18. The molecule has 0 amide bonds. The normalized spacial score (nSPS) is 11.0. The van der Waals surface area contributed by atoms with Crippen molar-refractivity contribution in [3.05, 3.63) is 38.3 Å². The Morgan fingerprint density at radius 2 is 1.95 bits per heavy atom. The molecule has 1 aromatic carbocycles. The molecule has 0 bridgehead atoms. The number of unbranched alkanes of at least 4 members (excludes halogenated alkanes) is 3. The summed E-state index contributed by atoms with van der Waals surface area (Å²) in [6, 6.07) is 5.27. The maximum absolute atomic E-state index is 10.9. The van der Waals surface area contributed by atoms with E-state index in [1.165, 1.54) is 25.7 Å². The average Bonchev–Trinajstić information content (AvgIpc) is 2.42. The summed E-state index contributed by atoms with van der Waals surface area (Å²) in [7, 11) is 0. The molecule has 0 unspecified atom stereocenters. The van der Waals surface area contributed by atoms with E-state index < -0.39 is 0 Å². The second-order valence-electron chi connectivity index (χ2n) is 5.82. The molecule has 0 aliphatic rings. The summed E-state index contributed by atoms with van der Waals surface area (Å²) in [6.07, 6.45) is 6.34. The van der Waals surface area contributed by atoms with Gasteiger partial charge >= 0.3 is 0 Å². The summed E-state index contributed by atoms with van der Waals surface area (Å²) in [4.78, 5) is 10.5. The number of hydrogen-bond donors (Lipinski definition) is 1. The van der Waals surface area contributed by atoms with Gasteiger partial charge in [0, 0.05) is 12.6 Å². The lowest BCUT2D eigenvalue weighted by Gasteiger charge is -2.06. The van der Waals surface area contributed by atoms with Gasteiger partial charge in [-0.15, -0.1) is 0 Å². The van der Waals surface area contributed by atoms with Gasteiger partial charge in [-0.05, 0) is 46.4 Å². The fraction of sp³-hybridized carbons (Fsp3) is 0.625. The molecule has 4 nitrogen and oxygen atoms in total. The third-order valence-electron chi connectivity index (χ3n) is 3.42. The quantitative estimate of drug-likeness (QED) is 0.362. The number of nitrogens with one attached hydrogen (secondary N) is 1. The number of nitro benzene ring substituents is 1. The van der Waals surface area contributed by atoms with E-state index >= 15 is 0 Å². The van der Waals surface area contributed by atoms with Crippen molar-refractivity contribution < 1.29 is 4.92 Å². The van der Waals surface area contributed by atoms with Crippen LogP contribution >= 0.6 is 15.9 Å². The fourth-order valence-corrected chi connectivity index (χ4v) is 2.59. The summed E-state index contributed by atoms with van der Waals surface area (Å²) < 4.78 is 0.529. The van der Waals surface area contributed by atoms with Gasteiger partial charge in [0.15, 0.2) is 0 Å². The summed E-state index contributed by atoms with van der Waals surface area (Å²) in [5.41, 5.74) is 1.08. The predicted octanol–water partition coefficient (Wildman–Crippen LogP) is 5.05. The molecule has 0 heterocycles. The monoisotopic (exact) mass is 356 g/mol. The summed E-state index contributed by atoms with van der Waals surface area (Å²) in [6.45, 7) is 6.17. The van der Waals surface area contributed by atoms with Gasteiger partial charge in [0.1, 0.15) is 0 Å². The van der Waals surface area contributed by atoms with E-state index in [0.29, 0.717) is 11.0 Å². The van der Waals surface area contributed by atoms with Crippen LogP contribution in [-0.4, -0.2) is 11.5 Å². The van der Waals surface area contributed by atoms with Crippen molar-refractivity contribution in [1.29, 1.82) is 0 Å². The molecule has 0 saturated heterocycles. The minimum Gasteiger partial charge on any atom is -0.313 e. The molecule has 0 aliphatic heterocycles. The molecular formula is C16H25BrN2O2. The van der Waals surface area contributed by atoms with Gasteiger partial charge in [-0.1, -0.05) is 45.6 Å². The zero-order valence-corrected chi connectivity index (χ0v) is 14.5. The maximum Gasteiger partial charge on any atom is 0.283 e. The molecule has 1 rings (SSSR count). The number of nitro groups is 1. The van der Waals surface area contributed by atoms with Crippen LogP contribution in [-0.2, 0) is 6.54 Å². The Morgan fingerprint density at radius 3 is 2.62 bits per heavy atom. The molecule has 0 aromatic heterocycles. The highest BCUT2D eigenvalue weighted by atomic mass is 79.9. The van der Waals surface area contributed by atoms with Gasteiger partial charge in [0.25, 0.3) is 5.69 Å². The van der Waals surface area contributed by atoms with E-state index in [1.54, 1.807) is 12.1 Å². The number of rotatable bonds is 10. The maximum atomic E-state index is 10.9. The molecule has 21 heavy (non-hydrogen) atoms. The van der Waals surface area contributed by atoms with Crippen LogP contribution in [0.5, 0.6) is 0 Å².